The Hall–Kier alpha value is -3.15. The van der Waals surface area contributed by atoms with E-state index < -0.39 is 5.41 Å². The lowest BCUT2D eigenvalue weighted by Gasteiger charge is -2.15. The average Bonchev–Trinajstić information content (AvgIpc) is 3.38. The standard InChI is InChI=1S/C20H19N3O3/c1-25-16-9-7-15(8-10-16)20(11-12-20)19(24)21-13-17-22-18(26-23-17)14-5-3-2-4-6-14/h2-10H,11-13H2,1H3,(H,21,24). The fourth-order valence-corrected chi connectivity index (χ4v) is 3.03. The summed E-state index contributed by atoms with van der Waals surface area (Å²) in [6.45, 7) is 0.243. The minimum Gasteiger partial charge on any atom is -0.497 e. The Kier molecular flexibility index (Phi) is 4.16. The number of amides is 1. The molecule has 0 atom stereocenters. The number of methoxy groups -OCH3 is 1. The third-order valence-corrected chi connectivity index (χ3v) is 4.72. The van der Waals surface area contributed by atoms with E-state index in [1.54, 1.807) is 7.11 Å². The Bertz CT molecular complexity index is 900. The van der Waals surface area contributed by atoms with Crippen LogP contribution in [-0.2, 0) is 16.8 Å². The molecule has 6 heteroatoms. The summed E-state index contributed by atoms with van der Waals surface area (Å²) in [5, 5.41) is 6.88. The molecule has 0 radical (unpaired) electrons. The molecule has 1 N–H and O–H groups in total. The number of carbonyl (C=O) groups is 1. The van der Waals surface area contributed by atoms with Crippen molar-refractivity contribution in [3.8, 4) is 17.2 Å². The maximum atomic E-state index is 12.7. The molecule has 1 aliphatic carbocycles. The van der Waals surface area contributed by atoms with Gasteiger partial charge in [0, 0.05) is 5.56 Å². The second kappa shape index (κ2) is 6.63. The van der Waals surface area contributed by atoms with Crippen LogP contribution < -0.4 is 10.1 Å². The number of carbonyl (C=O) groups excluding carboxylic acids is 1. The van der Waals surface area contributed by atoms with Crippen molar-refractivity contribution in [2.45, 2.75) is 24.8 Å². The number of rotatable bonds is 6. The van der Waals surface area contributed by atoms with Gasteiger partial charge < -0.3 is 14.6 Å². The van der Waals surface area contributed by atoms with Crippen molar-refractivity contribution in [2.75, 3.05) is 7.11 Å². The highest BCUT2D eigenvalue weighted by molar-refractivity contribution is 5.91. The molecule has 1 aromatic heterocycles. The molecule has 2 aromatic carbocycles. The van der Waals surface area contributed by atoms with Gasteiger partial charge in [0.2, 0.25) is 5.91 Å². The van der Waals surface area contributed by atoms with Gasteiger partial charge in [-0.25, -0.2) is 0 Å². The molecule has 0 aliphatic heterocycles. The van der Waals surface area contributed by atoms with Crippen LogP contribution in [0.2, 0.25) is 0 Å². The zero-order valence-electron chi connectivity index (χ0n) is 14.4. The van der Waals surface area contributed by atoms with E-state index in [9.17, 15) is 4.79 Å². The minimum atomic E-state index is -0.446. The fourth-order valence-electron chi connectivity index (χ4n) is 3.03. The lowest BCUT2D eigenvalue weighted by atomic mass is 9.95. The second-order valence-corrected chi connectivity index (χ2v) is 6.38. The molecule has 26 heavy (non-hydrogen) atoms. The van der Waals surface area contributed by atoms with Crippen LogP contribution in [0.15, 0.2) is 59.1 Å². The first kappa shape index (κ1) is 16.3. The van der Waals surface area contributed by atoms with Crippen molar-refractivity contribution in [3.05, 3.63) is 66.0 Å². The molecule has 3 aromatic rings. The molecule has 1 aliphatic rings. The largest absolute Gasteiger partial charge is 0.497 e. The Labute approximate surface area is 151 Å². The van der Waals surface area contributed by atoms with Crippen molar-refractivity contribution in [1.82, 2.24) is 15.5 Å². The summed E-state index contributed by atoms with van der Waals surface area (Å²) >= 11 is 0. The average molecular weight is 349 g/mol. The van der Waals surface area contributed by atoms with Gasteiger partial charge in [0.05, 0.1) is 19.1 Å². The lowest BCUT2D eigenvalue weighted by molar-refractivity contribution is -0.123. The van der Waals surface area contributed by atoms with Crippen LogP contribution in [-0.4, -0.2) is 23.2 Å². The topological polar surface area (TPSA) is 77.2 Å². The van der Waals surface area contributed by atoms with Crippen molar-refractivity contribution < 1.29 is 14.1 Å². The van der Waals surface area contributed by atoms with Gasteiger partial charge in [-0.3, -0.25) is 4.79 Å². The normalized spacial score (nSPS) is 14.7. The number of benzene rings is 2. The van der Waals surface area contributed by atoms with Crippen molar-refractivity contribution >= 4 is 5.91 Å². The number of hydrogen-bond acceptors (Lipinski definition) is 5. The number of hydrogen-bond donors (Lipinski definition) is 1. The van der Waals surface area contributed by atoms with Crippen LogP contribution in [0.4, 0.5) is 0 Å². The van der Waals surface area contributed by atoms with Crippen LogP contribution in [0.3, 0.4) is 0 Å². The molecular formula is C20H19N3O3. The number of ether oxygens (including phenoxy) is 1. The van der Waals surface area contributed by atoms with Gasteiger partial charge in [0.15, 0.2) is 5.82 Å². The summed E-state index contributed by atoms with van der Waals surface area (Å²) in [6, 6.07) is 17.2. The van der Waals surface area contributed by atoms with Gasteiger partial charge in [-0.05, 0) is 42.7 Å². The number of aromatic nitrogens is 2. The minimum absolute atomic E-state index is 0.00581. The van der Waals surface area contributed by atoms with E-state index in [-0.39, 0.29) is 12.5 Å². The molecular weight excluding hydrogens is 330 g/mol. The first-order chi connectivity index (χ1) is 12.7. The van der Waals surface area contributed by atoms with Gasteiger partial charge in [-0.2, -0.15) is 4.98 Å². The van der Waals surface area contributed by atoms with E-state index in [2.05, 4.69) is 15.5 Å². The third kappa shape index (κ3) is 3.06. The highest BCUT2D eigenvalue weighted by Crippen LogP contribution is 2.48. The SMILES string of the molecule is COc1ccc(C2(C(=O)NCc3noc(-c4ccccc4)n3)CC2)cc1. The molecule has 1 saturated carbocycles. The molecule has 0 saturated heterocycles. The van der Waals surface area contributed by atoms with Gasteiger partial charge in [-0.15, -0.1) is 0 Å². The van der Waals surface area contributed by atoms with E-state index in [0.717, 1.165) is 29.7 Å². The first-order valence-electron chi connectivity index (χ1n) is 8.52. The summed E-state index contributed by atoms with van der Waals surface area (Å²) in [7, 11) is 1.63. The van der Waals surface area contributed by atoms with E-state index in [1.165, 1.54) is 0 Å². The first-order valence-corrected chi connectivity index (χ1v) is 8.52. The van der Waals surface area contributed by atoms with Gasteiger partial charge in [-0.1, -0.05) is 35.5 Å². The maximum Gasteiger partial charge on any atom is 0.257 e. The van der Waals surface area contributed by atoms with E-state index in [1.807, 2.05) is 54.6 Å². The van der Waals surface area contributed by atoms with Crippen LogP contribution in [0.1, 0.15) is 24.2 Å². The smallest absolute Gasteiger partial charge is 0.257 e. The molecule has 1 fully saturated rings. The van der Waals surface area contributed by atoms with E-state index in [4.69, 9.17) is 9.26 Å². The summed E-state index contributed by atoms with van der Waals surface area (Å²) in [6.07, 6.45) is 1.68. The molecule has 0 spiro atoms. The lowest BCUT2D eigenvalue weighted by Crippen LogP contribution is -2.34. The van der Waals surface area contributed by atoms with Crippen LogP contribution in [0, 0.1) is 0 Å². The van der Waals surface area contributed by atoms with Crippen LogP contribution in [0.25, 0.3) is 11.5 Å². The molecule has 0 unspecified atom stereocenters. The zero-order valence-corrected chi connectivity index (χ0v) is 14.4. The van der Waals surface area contributed by atoms with E-state index >= 15 is 0 Å². The van der Waals surface area contributed by atoms with Crippen LogP contribution in [0.5, 0.6) is 5.75 Å². The number of nitrogens with zero attached hydrogens (tertiary/aromatic N) is 2. The predicted octanol–water partition coefficient (Wildman–Crippen LogP) is 3.09. The number of nitrogens with one attached hydrogen (secondary N) is 1. The summed E-state index contributed by atoms with van der Waals surface area (Å²) < 4.78 is 10.4. The summed E-state index contributed by atoms with van der Waals surface area (Å²) in [5.41, 5.74) is 1.42. The Morgan fingerprint density at radius 1 is 1.15 bits per heavy atom. The molecule has 1 amide bonds. The predicted molar refractivity (Wildman–Crippen MR) is 95.5 cm³/mol. The molecule has 1 heterocycles. The fraction of sp³-hybridized carbons (Fsp3) is 0.250. The highest BCUT2D eigenvalue weighted by Gasteiger charge is 2.51. The zero-order chi connectivity index (χ0) is 18.0. The van der Waals surface area contributed by atoms with Gasteiger partial charge in [0.1, 0.15) is 5.75 Å². The van der Waals surface area contributed by atoms with Crippen molar-refractivity contribution in [2.24, 2.45) is 0 Å². The second-order valence-electron chi connectivity index (χ2n) is 6.38. The monoisotopic (exact) mass is 349 g/mol. The Balaban J connectivity index is 1.42. The molecule has 132 valence electrons. The molecule has 6 nitrogen and oxygen atoms in total. The molecule has 4 rings (SSSR count). The summed E-state index contributed by atoms with van der Waals surface area (Å²) in [4.78, 5) is 17.0. The van der Waals surface area contributed by atoms with Crippen molar-refractivity contribution in [3.63, 3.8) is 0 Å². The van der Waals surface area contributed by atoms with E-state index in [0.29, 0.717) is 11.7 Å². The Morgan fingerprint density at radius 2 is 1.88 bits per heavy atom. The van der Waals surface area contributed by atoms with Crippen molar-refractivity contribution in [1.29, 1.82) is 0 Å². The third-order valence-electron chi connectivity index (χ3n) is 4.72. The van der Waals surface area contributed by atoms with Gasteiger partial charge in [0.25, 0.3) is 5.89 Å². The Morgan fingerprint density at radius 3 is 2.54 bits per heavy atom. The quantitative estimate of drug-likeness (QED) is 0.740. The maximum absolute atomic E-state index is 12.7. The summed E-state index contributed by atoms with van der Waals surface area (Å²) in [5.74, 6) is 1.69. The molecule has 0 bridgehead atoms. The van der Waals surface area contributed by atoms with Gasteiger partial charge >= 0.3 is 0 Å². The van der Waals surface area contributed by atoms with Crippen LogP contribution >= 0.6 is 0 Å². The highest BCUT2D eigenvalue weighted by atomic mass is 16.5.